The van der Waals surface area contributed by atoms with Gasteiger partial charge in [0.2, 0.25) is 5.91 Å². The van der Waals surface area contributed by atoms with E-state index in [-0.39, 0.29) is 0 Å². The van der Waals surface area contributed by atoms with Crippen molar-refractivity contribution in [3.63, 3.8) is 0 Å². The third-order valence-electron chi connectivity index (χ3n) is 6.18. The van der Waals surface area contributed by atoms with Gasteiger partial charge in [-0.2, -0.15) is 0 Å². The maximum Gasteiger partial charge on any atom is 0.249 e. The number of hydrogen-bond acceptors (Lipinski definition) is 5. The second-order valence-electron chi connectivity index (χ2n) is 8.24. The number of piperazine rings is 1. The Morgan fingerprint density at radius 3 is 2.57 bits per heavy atom. The van der Waals surface area contributed by atoms with E-state index in [2.05, 4.69) is 40.0 Å². The van der Waals surface area contributed by atoms with Gasteiger partial charge in [-0.3, -0.25) is 9.78 Å². The molecule has 152 valence electrons. The first kappa shape index (κ1) is 18.8. The van der Waals surface area contributed by atoms with Gasteiger partial charge in [0, 0.05) is 66.9 Å². The predicted octanol–water partition coefficient (Wildman–Crippen LogP) is 2.87. The molecule has 1 saturated heterocycles. The molecule has 2 aliphatic rings. The molecule has 6 nitrogen and oxygen atoms in total. The number of benzene rings is 1. The molecule has 2 aromatic heterocycles. The minimum atomic E-state index is -0.415. The van der Waals surface area contributed by atoms with Gasteiger partial charge < -0.3 is 15.5 Å². The average Bonchev–Trinajstić information content (AvgIpc) is 3.11. The lowest BCUT2D eigenvalue weighted by atomic mass is 10.0. The Morgan fingerprint density at radius 2 is 1.87 bits per heavy atom. The lowest BCUT2D eigenvalue weighted by molar-refractivity contribution is 0.0999. The first-order chi connectivity index (χ1) is 14.5. The van der Waals surface area contributed by atoms with Crippen molar-refractivity contribution in [1.29, 1.82) is 0 Å². The quantitative estimate of drug-likeness (QED) is 0.573. The van der Waals surface area contributed by atoms with E-state index in [1.54, 1.807) is 12.3 Å². The Morgan fingerprint density at radius 1 is 1.07 bits per heavy atom. The molecule has 5 rings (SSSR count). The van der Waals surface area contributed by atoms with Gasteiger partial charge in [0.1, 0.15) is 0 Å². The van der Waals surface area contributed by atoms with Gasteiger partial charge >= 0.3 is 0 Å². The Balaban J connectivity index is 1.56. The van der Waals surface area contributed by atoms with Crippen LogP contribution in [0.5, 0.6) is 0 Å². The number of nitrogens with two attached hydrogens (primary N) is 1. The predicted molar refractivity (Wildman–Crippen MR) is 119 cm³/mol. The number of primary amides is 1. The SMILES string of the molecule is Cc1ccc(-c2cc(C(N)=O)c3c(n2)-c2ccc(N4CCN(C)CC4)cc2C3)cn1. The molecule has 0 unspecified atom stereocenters. The number of carbonyl (C=O) groups is 1. The summed E-state index contributed by atoms with van der Waals surface area (Å²) in [5.41, 5.74) is 14.2. The van der Waals surface area contributed by atoms with E-state index >= 15 is 0 Å². The molecule has 1 amide bonds. The summed E-state index contributed by atoms with van der Waals surface area (Å²) in [6.45, 7) is 6.13. The summed E-state index contributed by atoms with van der Waals surface area (Å²) in [5.74, 6) is -0.415. The normalized spacial score (nSPS) is 15.7. The van der Waals surface area contributed by atoms with E-state index in [1.165, 1.54) is 11.3 Å². The number of rotatable bonds is 3. The molecule has 3 heterocycles. The highest BCUT2D eigenvalue weighted by atomic mass is 16.1. The largest absolute Gasteiger partial charge is 0.369 e. The summed E-state index contributed by atoms with van der Waals surface area (Å²) in [5, 5.41) is 0. The van der Waals surface area contributed by atoms with Crippen LogP contribution in [0.1, 0.15) is 27.2 Å². The third-order valence-corrected chi connectivity index (χ3v) is 6.18. The molecule has 0 radical (unpaired) electrons. The van der Waals surface area contributed by atoms with Gasteiger partial charge in [-0.25, -0.2) is 4.98 Å². The lowest BCUT2D eigenvalue weighted by Crippen LogP contribution is -2.44. The van der Waals surface area contributed by atoms with Crippen molar-refractivity contribution >= 4 is 11.6 Å². The van der Waals surface area contributed by atoms with E-state index in [9.17, 15) is 4.79 Å². The molecular weight excluding hydrogens is 374 g/mol. The van der Waals surface area contributed by atoms with Crippen molar-refractivity contribution in [3.05, 3.63) is 65.0 Å². The molecule has 3 aromatic rings. The molecule has 0 spiro atoms. The van der Waals surface area contributed by atoms with Crippen LogP contribution in [0, 0.1) is 6.92 Å². The summed E-state index contributed by atoms with van der Waals surface area (Å²) in [4.78, 5) is 26.3. The second-order valence-corrected chi connectivity index (χ2v) is 8.24. The van der Waals surface area contributed by atoms with Gasteiger partial charge in [0.25, 0.3) is 0 Å². The molecule has 1 fully saturated rings. The highest BCUT2D eigenvalue weighted by Gasteiger charge is 2.27. The maximum atomic E-state index is 12.3. The summed E-state index contributed by atoms with van der Waals surface area (Å²) < 4.78 is 0. The lowest BCUT2D eigenvalue weighted by Gasteiger charge is -2.34. The van der Waals surface area contributed by atoms with Gasteiger partial charge in [-0.15, -0.1) is 0 Å². The number of aromatic nitrogens is 2. The van der Waals surface area contributed by atoms with Crippen LogP contribution in [0.25, 0.3) is 22.5 Å². The van der Waals surface area contributed by atoms with Crippen molar-refractivity contribution in [2.24, 2.45) is 5.73 Å². The Bertz CT molecular complexity index is 1130. The molecule has 0 bridgehead atoms. The van der Waals surface area contributed by atoms with Crippen molar-refractivity contribution in [3.8, 4) is 22.5 Å². The number of aryl methyl sites for hydroxylation is 1. The van der Waals surface area contributed by atoms with Crippen molar-refractivity contribution in [1.82, 2.24) is 14.9 Å². The minimum absolute atomic E-state index is 0.415. The fraction of sp³-hybridized carbons (Fsp3) is 0.292. The smallest absolute Gasteiger partial charge is 0.249 e. The van der Waals surface area contributed by atoms with Crippen molar-refractivity contribution in [2.45, 2.75) is 13.3 Å². The zero-order chi connectivity index (χ0) is 20.8. The second kappa shape index (κ2) is 7.22. The zero-order valence-electron chi connectivity index (χ0n) is 17.4. The monoisotopic (exact) mass is 399 g/mol. The summed E-state index contributed by atoms with van der Waals surface area (Å²) >= 11 is 0. The van der Waals surface area contributed by atoms with Crippen LogP contribution >= 0.6 is 0 Å². The Hall–Kier alpha value is -3.25. The first-order valence-electron chi connectivity index (χ1n) is 10.3. The molecule has 0 atom stereocenters. The Kier molecular flexibility index (Phi) is 4.51. The zero-order valence-corrected chi connectivity index (χ0v) is 17.4. The summed E-state index contributed by atoms with van der Waals surface area (Å²) in [6, 6.07) is 12.3. The number of pyridine rings is 2. The van der Waals surface area contributed by atoms with Gasteiger partial charge in [-0.05, 0) is 55.4 Å². The molecule has 1 aliphatic heterocycles. The van der Waals surface area contributed by atoms with Crippen LogP contribution < -0.4 is 10.6 Å². The molecule has 1 aliphatic carbocycles. The van der Waals surface area contributed by atoms with E-state index in [0.717, 1.165) is 60.0 Å². The molecule has 1 aromatic carbocycles. The number of fused-ring (bicyclic) bond motifs is 3. The van der Waals surface area contributed by atoms with E-state index in [1.807, 2.05) is 19.1 Å². The minimum Gasteiger partial charge on any atom is -0.369 e. The van der Waals surface area contributed by atoms with E-state index in [4.69, 9.17) is 10.7 Å². The standard InChI is InChI=1S/C24H25N5O/c1-15-3-4-16(14-26-15)22-13-21(24(25)30)20-12-17-11-18(5-6-19(17)23(20)27-22)29-9-7-28(2)8-10-29/h3-6,11,13-14H,7-10,12H2,1-2H3,(H2,25,30). The van der Waals surface area contributed by atoms with Crippen LogP contribution in [0.4, 0.5) is 5.69 Å². The fourth-order valence-electron chi connectivity index (χ4n) is 4.37. The first-order valence-corrected chi connectivity index (χ1v) is 10.3. The van der Waals surface area contributed by atoms with Crippen LogP contribution in [0.15, 0.2) is 42.6 Å². The van der Waals surface area contributed by atoms with Crippen LogP contribution in [0.2, 0.25) is 0 Å². The molecule has 2 N–H and O–H groups in total. The molecular formula is C24H25N5O. The highest BCUT2D eigenvalue weighted by Crippen LogP contribution is 2.40. The van der Waals surface area contributed by atoms with Crippen LogP contribution in [-0.4, -0.2) is 54.0 Å². The van der Waals surface area contributed by atoms with Gasteiger partial charge in [0.05, 0.1) is 11.4 Å². The number of anilines is 1. The summed E-state index contributed by atoms with van der Waals surface area (Å²) in [6.07, 6.45) is 2.48. The fourth-order valence-corrected chi connectivity index (χ4v) is 4.37. The number of carbonyl (C=O) groups excluding carboxylic acids is 1. The molecule has 0 saturated carbocycles. The number of amides is 1. The van der Waals surface area contributed by atoms with E-state index in [0.29, 0.717) is 12.0 Å². The topological polar surface area (TPSA) is 75.4 Å². The molecule has 6 heteroatoms. The van der Waals surface area contributed by atoms with Crippen molar-refractivity contribution < 1.29 is 4.79 Å². The number of likely N-dealkylation sites (N-methyl/N-ethyl adjacent to an activating group) is 1. The average molecular weight is 399 g/mol. The van der Waals surface area contributed by atoms with E-state index < -0.39 is 5.91 Å². The highest BCUT2D eigenvalue weighted by molar-refractivity contribution is 5.98. The van der Waals surface area contributed by atoms with Gasteiger partial charge in [0.15, 0.2) is 0 Å². The Labute approximate surface area is 176 Å². The number of hydrogen-bond donors (Lipinski definition) is 1. The van der Waals surface area contributed by atoms with Crippen LogP contribution in [-0.2, 0) is 6.42 Å². The summed E-state index contributed by atoms with van der Waals surface area (Å²) in [7, 11) is 2.16. The maximum absolute atomic E-state index is 12.3. The van der Waals surface area contributed by atoms with Gasteiger partial charge in [-0.1, -0.05) is 6.07 Å². The third kappa shape index (κ3) is 3.23. The molecule has 30 heavy (non-hydrogen) atoms. The number of nitrogens with zero attached hydrogens (tertiary/aromatic N) is 4. The van der Waals surface area contributed by atoms with Crippen molar-refractivity contribution in [2.75, 3.05) is 38.1 Å². The van der Waals surface area contributed by atoms with Crippen LogP contribution in [0.3, 0.4) is 0 Å².